The van der Waals surface area contributed by atoms with Gasteiger partial charge in [-0.05, 0) is 179 Å². The summed E-state index contributed by atoms with van der Waals surface area (Å²) < 4.78 is 0. The molecule has 0 heteroatoms. The van der Waals surface area contributed by atoms with E-state index in [9.17, 15) is 0 Å². The molecule has 0 radical (unpaired) electrons. The Balaban J connectivity index is 0.000000367. The van der Waals surface area contributed by atoms with Crippen molar-refractivity contribution in [3.8, 4) is 0 Å². The molecule has 0 bridgehead atoms. The smallest absolute Gasteiger partial charge is 0.0214 e. The molecule has 4 rings (SSSR count). The van der Waals surface area contributed by atoms with Crippen LogP contribution in [0, 0.1) is 48.5 Å². The van der Waals surface area contributed by atoms with Gasteiger partial charge in [0.1, 0.15) is 0 Å². The summed E-state index contributed by atoms with van der Waals surface area (Å²) in [6.07, 6.45) is 0. The number of hydrogen-bond acceptors (Lipinski definition) is 0. The third-order valence-corrected chi connectivity index (χ3v) is 11.5. The van der Waals surface area contributed by atoms with Crippen molar-refractivity contribution in [2.24, 2.45) is 0 Å². The van der Waals surface area contributed by atoms with Crippen LogP contribution in [-0.4, -0.2) is 0 Å². The molecule has 0 unspecified atom stereocenters. The average molecular weight is 747 g/mol. The Hall–Kier alpha value is -3.12. The third-order valence-electron chi connectivity index (χ3n) is 11.5. The third kappa shape index (κ3) is 14.7. The Morgan fingerprint density at radius 1 is 0.255 bits per heavy atom. The van der Waals surface area contributed by atoms with Crippen molar-refractivity contribution in [2.75, 3.05) is 0 Å². The molecule has 0 heterocycles. The van der Waals surface area contributed by atoms with Crippen molar-refractivity contribution in [3.05, 3.63) is 138 Å². The van der Waals surface area contributed by atoms with Crippen molar-refractivity contribution in [3.63, 3.8) is 0 Å². The molecule has 0 nitrogen and oxygen atoms in total. The highest BCUT2D eigenvalue weighted by molar-refractivity contribution is 5.43. The minimum atomic E-state index is 0.633. The Labute approximate surface area is 343 Å². The molecule has 4 aromatic rings. The molecule has 0 aliphatic heterocycles. The van der Waals surface area contributed by atoms with Gasteiger partial charge in [-0.25, -0.2) is 0 Å². The first kappa shape index (κ1) is 49.9. The van der Waals surface area contributed by atoms with Gasteiger partial charge in [0.2, 0.25) is 0 Å². The van der Waals surface area contributed by atoms with Gasteiger partial charge in [0.15, 0.2) is 0 Å². The summed E-state index contributed by atoms with van der Waals surface area (Å²) in [6.45, 7) is 51.7. The number of aryl methyl sites for hydroxylation is 5. The predicted octanol–water partition coefficient (Wildman–Crippen LogP) is 17.9. The van der Waals surface area contributed by atoms with E-state index in [1.54, 1.807) is 0 Å². The molecule has 0 aromatic heterocycles. The van der Waals surface area contributed by atoms with Gasteiger partial charge < -0.3 is 0 Å². The van der Waals surface area contributed by atoms with Crippen LogP contribution < -0.4 is 0 Å². The minimum absolute atomic E-state index is 0.633. The van der Waals surface area contributed by atoms with Gasteiger partial charge in [-0.2, -0.15) is 0 Å². The van der Waals surface area contributed by atoms with Crippen molar-refractivity contribution in [1.29, 1.82) is 0 Å². The average Bonchev–Trinajstić information content (AvgIpc) is 3.06. The summed E-state index contributed by atoms with van der Waals surface area (Å²) in [5.41, 5.74) is 22.0. The number of rotatable bonds is 8. The summed E-state index contributed by atoms with van der Waals surface area (Å²) in [5.74, 6) is 5.08. The molecule has 4 aromatic carbocycles. The van der Waals surface area contributed by atoms with Crippen LogP contribution in [0.15, 0.2) is 54.6 Å². The molecule has 0 N–H and O–H groups in total. The highest BCUT2D eigenvalue weighted by atomic mass is 14.2. The second-order valence-corrected chi connectivity index (χ2v) is 19.0. The van der Waals surface area contributed by atoms with Crippen LogP contribution in [0.1, 0.15) is 242 Å². The first-order valence-corrected chi connectivity index (χ1v) is 21.8. The van der Waals surface area contributed by atoms with E-state index in [1.165, 1.54) is 83.5 Å². The Kier molecular flexibility index (Phi) is 20.5. The Bertz CT molecular complexity index is 1660. The van der Waals surface area contributed by atoms with Crippen LogP contribution in [0.25, 0.3) is 0 Å². The number of hydrogen-bond donors (Lipinski definition) is 0. The molecular formula is C55H86. The molecule has 0 spiro atoms. The molecule has 306 valence electrons. The number of benzene rings is 4. The fourth-order valence-corrected chi connectivity index (χ4v) is 8.18. The lowest BCUT2D eigenvalue weighted by molar-refractivity contribution is 0.825. The van der Waals surface area contributed by atoms with Crippen molar-refractivity contribution >= 4 is 0 Å². The first-order chi connectivity index (χ1) is 25.3. The maximum absolute atomic E-state index is 2.36. The van der Waals surface area contributed by atoms with Crippen LogP contribution in [0.2, 0.25) is 0 Å². The van der Waals surface area contributed by atoms with E-state index < -0.39 is 0 Å². The fourth-order valence-electron chi connectivity index (χ4n) is 8.18. The lowest BCUT2D eigenvalue weighted by Crippen LogP contribution is -2.00. The molecular weight excluding hydrogens is 661 g/mol. The Morgan fingerprint density at radius 2 is 0.545 bits per heavy atom. The Morgan fingerprint density at radius 3 is 0.818 bits per heavy atom. The van der Waals surface area contributed by atoms with Crippen LogP contribution in [0.3, 0.4) is 0 Å². The minimum Gasteiger partial charge on any atom is -0.0587 e. The normalized spacial score (nSPS) is 11.4. The highest BCUT2D eigenvalue weighted by Gasteiger charge is 2.12. The standard InChI is InChI=1S/3C14H22.C13H20/c1-9(2)13-7-12(6)14(10(3)4)8-11(13)5;1-9(2)13-7-11(5)14(10(3)4)12(6)8-13;1-9(2)13-7-8-14(10(3)4)12(6)11(13)5;1-9(2)12-6-7-13(10(3)4)11(5)8-12/h3*7-10H,1-6H3;6-10H,1-5H3. The summed E-state index contributed by atoms with van der Waals surface area (Å²) in [7, 11) is 0. The van der Waals surface area contributed by atoms with E-state index in [4.69, 9.17) is 0 Å². The maximum Gasteiger partial charge on any atom is -0.0214 e. The van der Waals surface area contributed by atoms with Gasteiger partial charge >= 0.3 is 0 Å². The monoisotopic (exact) mass is 747 g/mol. The van der Waals surface area contributed by atoms with Gasteiger partial charge in [-0.15, -0.1) is 0 Å². The second-order valence-electron chi connectivity index (χ2n) is 19.0. The quantitative estimate of drug-likeness (QED) is 0.168. The summed E-state index contributed by atoms with van der Waals surface area (Å²) >= 11 is 0. The van der Waals surface area contributed by atoms with Gasteiger partial charge in [0.25, 0.3) is 0 Å². The van der Waals surface area contributed by atoms with Crippen LogP contribution >= 0.6 is 0 Å². The highest BCUT2D eigenvalue weighted by Crippen LogP contribution is 2.30. The zero-order valence-corrected chi connectivity index (χ0v) is 40.3. The zero-order chi connectivity index (χ0) is 42.6. The van der Waals surface area contributed by atoms with Crippen molar-refractivity contribution in [1.82, 2.24) is 0 Å². The van der Waals surface area contributed by atoms with Crippen LogP contribution in [0.5, 0.6) is 0 Å². The van der Waals surface area contributed by atoms with E-state index in [2.05, 4.69) is 214 Å². The van der Waals surface area contributed by atoms with E-state index in [-0.39, 0.29) is 0 Å². The molecule has 0 fully saturated rings. The van der Waals surface area contributed by atoms with Gasteiger partial charge in [-0.1, -0.05) is 165 Å². The van der Waals surface area contributed by atoms with Gasteiger partial charge in [0, 0.05) is 0 Å². The maximum atomic E-state index is 2.36. The SMILES string of the molecule is Cc1c(C(C)C)ccc(C(C)C)c1C.Cc1cc(C(C)C)c(C)cc1C(C)C.Cc1cc(C(C)C)cc(C)c1C(C)C.Cc1cc(C(C)C)ccc1C(C)C. The van der Waals surface area contributed by atoms with Crippen molar-refractivity contribution in [2.45, 2.75) is 207 Å². The van der Waals surface area contributed by atoms with E-state index in [0.29, 0.717) is 47.3 Å². The molecule has 0 saturated heterocycles. The van der Waals surface area contributed by atoms with Crippen LogP contribution in [0.4, 0.5) is 0 Å². The fraction of sp³-hybridized carbons (Fsp3) is 0.564. The van der Waals surface area contributed by atoms with E-state index >= 15 is 0 Å². The summed E-state index contributed by atoms with van der Waals surface area (Å²) in [6, 6.07) is 20.8. The lowest BCUT2D eigenvalue weighted by atomic mass is 9.88. The molecule has 0 amide bonds. The topological polar surface area (TPSA) is 0 Å². The lowest BCUT2D eigenvalue weighted by Gasteiger charge is -2.17. The van der Waals surface area contributed by atoms with Crippen LogP contribution in [-0.2, 0) is 0 Å². The van der Waals surface area contributed by atoms with Crippen molar-refractivity contribution < 1.29 is 0 Å². The molecule has 0 aliphatic carbocycles. The second kappa shape index (κ2) is 22.6. The molecule has 55 heavy (non-hydrogen) atoms. The molecule has 0 aliphatic rings. The zero-order valence-electron chi connectivity index (χ0n) is 40.3. The summed E-state index contributed by atoms with van der Waals surface area (Å²) in [5, 5.41) is 0. The summed E-state index contributed by atoms with van der Waals surface area (Å²) in [4.78, 5) is 0. The van der Waals surface area contributed by atoms with E-state index in [0.717, 1.165) is 0 Å². The van der Waals surface area contributed by atoms with E-state index in [1.807, 2.05) is 0 Å². The molecule has 0 atom stereocenters. The largest absolute Gasteiger partial charge is 0.0587 e. The van der Waals surface area contributed by atoms with Gasteiger partial charge in [-0.3, -0.25) is 0 Å². The molecule has 0 saturated carbocycles. The predicted molar refractivity (Wildman–Crippen MR) is 252 cm³/mol. The van der Waals surface area contributed by atoms with Gasteiger partial charge in [0.05, 0.1) is 0 Å². The first-order valence-electron chi connectivity index (χ1n) is 21.8.